The first-order valence-corrected chi connectivity index (χ1v) is 5.30. The molecule has 0 heterocycles. The van der Waals surface area contributed by atoms with Crippen molar-refractivity contribution in [3.8, 4) is 0 Å². The topological polar surface area (TPSA) is 38.3 Å². The molecule has 1 atom stereocenters. The number of ether oxygens (including phenoxy) is 1. The molecule has 0 aliphatic rings. The van der Waals surface area contributed by atoms with Crippen LogP contribution in [0.3, 0.4) is 0 Å². The zero-order valence-corrected chi connectivity index (χ0v) is 9.50. The number of carbonyl (C=O) groups excluding carboxylic acids is 1. The van der Waals surface area contributed by atoms with Crippen molar-refractivity contribution < 1.29 is 13.9 Å². The number of anilines is 1. The molecule has 0 saturated heterocycles. The Balaban J connectivity index is 2.48. The second-order valence-electron chi connectivity index (χ2n) is 3.53. The molecule has 1 N–H and O–H groups in total. The van der Waals surface area contributed by atoms with Gasteiger partial charge in [-0.25, -0.2) is 4.39 Å². The van der Waals surface area contributed by atoms with Gasteiger partial charge in [-0.15, -0.1) is 0 Å². The summed E-state index contributed by atoms with van der Waals surface area (Å²) in [5.74, 6) is -0.600. The highest BCUT2D eigenvalue weighted by Crippen LogP contribution is 2.14. The quantitative estimate of drug-likeness (QED) is 0.783. The van der Waals surface area contributed by atoms with Crippen LogP contribution in [0.25, 0.3) is 0 Å². The molecule has 1 aromatic carbocycles. The molecule has 0 fully saturated rings. The van der Waals surface area contributed by atoms with Crippen molar-refractivity contribution >= 4 is 11.7 Å². The second-order valence-corrected chi connectivity index (χ2v) is 3.53. The fraction of sp³-hybridized carbons (Fsp3) is 0.417. The first-order chi connectivity index (χ1) is 7.63. The third-order valence-corrected chi connectivity index (χ3v) is 2.05. The molecular weight excluding hydrogens is 209 g/mol. The predicted molar refractivity (Wildman–Crippen MR) is 60.7 cm³/mol. The molecule has 0 saturated carbocycles. The molecule has 16 heavy (non-hydrogen) atoms. The average Bonchev–Trinajstić information content (AvgIpc) is 2.21. The Labute approximate surface area is 94.6 Å². The first kappa shape index (κ1) is 12.5. The van der Waals surface area contributed by atoms with Gasteiger partial charge in [0.05, 0.1) is 18.7 Å². The van der Waals surface area contributed by atoms with E-state index in [4.69, 9.17) is 4.74 Å². The van der Waals surface area contributed by atoms with Crippen LogP contribution >= 0.6 is 0 Å². The SMILES string of the molecule is CCOC(=O)CC(C)Nc1ccccc1F. The van der Waals surface area contributed by atoms with Gasteiger partial charge in [0.25, 0.3) is 0 Å². The average molecular weight is 225 g/mol. The summed E-state index contributed by atoms with van der Waals surface area (Å²) >= 11 is 0. The minimum absolute atomic E-state index is 0.157. The third kappa shape index (κ3) is 3.88. The summed E-state index contributed by atoms with van der Waals surface area (Å²) in [4.78, 5) is 11.2. The smallest absolute Gasteiger partial charge is 0.307 e. The summed E-state index contributed by atoms with van der Waals surface area (Å²) in [5, 5.41) is 2.92. The van der Waals surface area contributed by atoms with Crippen LogP contribution in [-0.4, -0.2) is 18.6 Å². The molecule has 4 heteroatoms. The Morgan fingerprint density at radius 1 is 1.50 bits per heavy atom. The fourth-order valence-electron chi connectivity index (χ4n) is 1.36. The van der Waals surface area contributed by atoms with Gasteiger partial charge < -0.3 is 10.1 Å². The monoisotopic (exact) mass is 225 g/mol. The van der Waals surface area contributed by atoms with Crippen molar-refractivity contribution in [3.63, 3.8) is 0 Å². The Morgan fingerprint density at radius 2 is 2.19 bits per heavy atom. The standard InChI is InChI=1S/C12H16FNO2/c1-3-16-12(15)8-9(2)14-11-7-5-4-6-10(11)13/h4-7,9,14H,3,8H2,1-2H3. The minimum atomic E-state index is -0.321. The van der Waals surface area contributed by atoms with Crippen LogP contribution in [0.4, 0.5) is 10.1 Å². The largest absolute Gasteiger partial charge is 0.466 e. The van der Waals surface area contributed by atoms with Crippen molar-refractivity contribution in [2.24, 2.45) is 0 Å². The van der Waals surface area contributed by atoms with E-state index in [0.29, 0.717) is 12.3 Å². The molecule has 0 radical (unpaired) electrons. The zero-order valence-electron chi connectivity index (χ0n) is 9.50. The lowest BCUT2D eigenvalue weighted by Gasteiger charge is -2.14. The van der Waals surface area contributed by atoms with Crippen molar-refractivity contribution in [2.45, 2.75) is 26.3 Å². The van der Waals surface area contributed by atoms with E-state index in [-0.39, 0.29) is 24.2 Å². The molecule has 0 bridgehead atoms. The highest BCUT2D eigenvalue weighted by Gasteiger charge is 2.10. The Bertz CT molecular complexity index is 355. The van der Waals surface area contributed by atoms with Gasteiger partial charge in [-0.3, -0.25) is 4.79 Å². The number of halogens is 1. The van der Waals surface area contributed by atoms with E-state index in [1.165, 1.54) is 6.07 Å². The number of nitrogens with one attached hydrogen (secondary N) is 1. The Hall–Kier alpha value is -1.58. The highest BCUT2D eigenvalue weighted by molar-refractivity contribution is 5.70. The number of rotatable bonds is 5. The summed E-state index contributed by atoms with van der Waals surface area (Å²) in [6, 6.07) is 6.21. The van der Waals surface area contributed by atoms with E-state index < -0.39 is 0 Å². The van der Waals surface area contributed by atoms with Crippen molar-refractivity contribution in [3.05, 3.63) is 30.1 Å². The van der Waals surface area contributed by atoms with Gasteiger partial charge in [-0.1, -0.05) is 12.1 Å². The van der Waals surface area contributed by atoms with Crippen LogP contribution in [0.1, 0.15) is 20.3 Å². The normalized spacial score (nSPS) is 11.9. The zero-order chi connectivity index (χ0) is 12.0. The molecule has 1 rings (SSSR count). The van der Waals surface area contributed by atoms with Gasteiger partial charge in [0, 0.05) is 6.04 Å². The van der Waals surface area contributed by atoms with Gasteiger partial charge >= 0.3 is 5.97 Å². The van der Waals surface area contributed by atoms with Crippen molar-refractivity contribution in [1.82, 2.24) is 0 Å². The lowest BCUT2D eigenvalue weighted by molar-refractivity contribution is -0.143. The first-order valence-electron chi connectivity index (χ1n) is 5.30. The summed E-state index contributed by atoms with van der Waals surface area (Å²) in [7, 11) is 0. The summed E-state index contributed by atoms with van der Waals surface area (Å²) in [6.07, 6.45) is 0.224. The van der Waals surface area contributed by atoms with E-state index in [1.807, 2.05) is 6.92 Å². The molecule has 0 amide bonds. The van der Waals surface area contributed by atoms with E-state index in [0.717, 1.165) is 0 Å². The summed E-state index contributed by atoms with van der Waals surface area (Å²) in [5.41, 5.74) is 0.402. The predicted octanol–water partition coefficient (Wildman–Crippen LogP) is 2.58. The molecule has 1 aromatic rings. The highest BCUT2D eigenvalue weighted by atomic mass is 19.1. The van der Waals surface area contributed by atoms with Crippen LogP contribution in [0.2, 0.25) is 0 Å². The summed E-state index contributed by atoms with van der Waals surface area (Å²) in [6.45, 7) is 3.93. The molecule has 88 valence electrons. The molecule has 0 aromatic heterocycles. The number of hydrogen-bond donors (Lipinski definition) is 1. The molecule has 0 aliphatic carbocycles. The maximum atomic E-state index is 13.3. The van der Waals surface area contributed by atoms with Crippen molar-refractivity contribution in [1.29, 1.82) is 0 Å². The summed E-state index contributed by atoms with van der Waals surface area (Å²) < 4.78 is 18.1. The maximum Gasteiger partial charge on any atom is 0.307 e. The number of para-hydroxylation sites is 1. The van der Waals surface area contributed by atoms with Crippen LogP contribution in [0.15, 0.2) is 24.3 Å². The van der Waals surface area contributed by atoms with Gasteiger partial charge in [0.2, 0.25) is 0 Å². The van der Waals surface area contributed by atoms with Crippen LogP contribution < -0.4 is 5.32 Å². The third-order valence-electron chi connectivity index (χ3n) is 2.05. The van der Waals surface area contributed by atoms with E-state index >= 15 is 0 Å². The Kier molecular flexibility index (Phi) is 4.76. The van der Waals surface area contributed by atoms with Crippen LogP contribution in [0, 0.1) is 5.82 Å². The number of esters is 1. The van der Waals surface area contributed by atoms with E-state index in [9.17, 15) is 9.18 Å². The molecular formula is C12H16FNO2. The second kappa shape index (κ2) is 6.10. The lowest BCUT2D eigenvalue weighted by atomic mass is 10.2. The molecule has 0 aliphatic heterocycles. The van der Waals surface area contributed by atoms with Crippen LogP contribution in [0.5, 0.6) is 0 Å². The Morgan fingerprint density at radius 3 is 2.81 bits per heavy atom. The van der Waals surface area contributed by atoms with Crippen LogP contribution in [-0.2, 0) is 9.53 Å². The van der Waals surface area contributed by atoms with Gasteiger partial charge in [-0.2, -0.15) is 0 Å². The minimum Gasteiger partial charge on any atom is -0.466 e. The molecule has 1 unspecified atom stereocenters. The molecule has 3 nitrogen and oxygen atoms in total. The van der Waals surface area contributed by atoms with Gasteiger partial charge in [-0.05, 0) is 26.0 Å². The molecule has 0 spiro atoms. The maximum absolute atomic E-state index is 13.3. The van der Waals surface area contributed by atoms with Crippen molar-refractivity contribution in [2.75, 3.05) is 11.9 Å². The number of carbonyl (C=O) groups is 1. The fourth-order valence-corrected chi connectivity index (χ4v) is 1.36. The van der Waals surface area contributed by atoms with Gasteiger partial charge in [0.15, 0.2) is 0 Å². The number of benzene rings is 1. The number of hydrogen-bond acceptors (Lipinski definition) is 3. The lowest BCUT2D eigenvalue weighted by Crippen LogP contribution is -2.21. The van der Waals surface area contributed by atoms with E-state index in [2.05, 4.69) is 5.32 Å². The van der Waals surface area contributed by atoms with Gasteiger partial charge in [0.1, 0.15) is 5.82 Å². The van der Waals surface area contributed by atoms with E-state index in [1.54, 1.807) is 25.1 Å².